The van der Waals surface area contributed by atoms with Crippen LogP contribution in [0, 0.1) is 0 Å². The van der Waals surface area contributed by atoms with Crippen molar-refractivity contribution in [3.05, 3.63) is 42.7 Å². The normalized spacial score (nSPS) is 10.8. The number of hydrogen-bond donors (Lipinski definition) is 1. The monoisotopic (exact) mass is 211 g/mol. The van der Waals surface area contributed by atoms with Crippen LogP contribution in [0.1, 0.15) is 0 Å². The number of anilines is 1. The third-order valence-electron chi connectivity index (χ3n) is 2.38. The fraction of sp³-hybridized carbons (Fsp3) is 0. The minimum Gasteiger partial charge on any atom is -0.399 e. The molecule has 5 heteroatoms. The molecule has 3 aromatic rings. The first kappa shape index (κ1) is 8.84. The maximum absolute atomic E-state index is 5.68. The molecule has 0 fully saturated rings. The van der Waals surface area contributed by atoms with E-state index in [4.69, 9.17) is 5.73 Å². The first-order chi connectivity index (χ1) is 7.84. The van der Waals surface area contributed by atoms with Gasteiger partial charge in [-0.2, -0.15) is 0 Å². The van der Waals surface area contributed by atoms with Crippen LogP contribution in [0.2, 0.25) is 0 Å². The molecule has 3 rings (SSSR count). The smallest absolute Gasteiger partial charge is 0.115 e. The van der Waals surface area contributed by atoms with Crippen LogP contribution in [0.15, 0.2) is 42.7 Å². The van der Waals surface area contributed by atoms with E-state index in [1.165, 1.54) is 0 Å². The van der Waals surface area contributed by atoms with Gasteiger partial charge in [-0.1, -0.05) is 5.21 Å². The molecule has 1 aromatic carbocycles. The molecule has 2 N–H and O–H groups in total. The van der Waals surface area contributed by atoms with Gasteiger partial charge in [0, 0.05) is 18.1 Å². The second-order valence-electron chi connectivity index (χ2n) is 3.45. The summed E-state index contributed by atoms with van der Waals surface area (Å²) < 4.78 is 1.76. The lowest BCUT2D eigenvalue weighted by Gasteiger charge is -2.00. The molecule has 0 unspecified atom stereocenters. The molecule has 0 radical (unpaired) electrons. The standard InChI is InChI=1S/C11H9N5/c12-8-1-2-11-10(7-8)14-15-16(11)9-3-5-13-6-4-9/h1-7H,12H2. The van der Waals surface area contributed by atoms with E-state index in [0.29, 0.717) is 5.69 Å². The summed E-state index contributed by atoms with van der Waals surface area (Å²) in [5.74, 6) is 0. The van der Waals surface area contributed by atoms with Crippen LogP contribution in [-0.2, 0) is 0 Å². The molecule has 0 aliphatic rings. The van der Waals surface area contributed by atoms with Crippen molar-refractivity contribution in [1.29, 1.82) is 0 Å². The third-order valence-corrected chi connectivity index (χ3v) is 2.38. The molecule has 0 saturated carbocycles. The van der Waals surface area contributed by atoms with Gasteiger partial charge in [-0.15, -0.1) is 5.10 Å². The van der Waals surface area contributed by atoms with Crippen LogP contribution in [-0.4, -0.2) is 20.0 Å². The summed E-state index contributed by atoms with van der Waals surface area (Å²) in [6.45, 7) is 0. The molecular formula is C11H9N5. The van der Waals surface area contributed by atoms with E-state index in [1.807, 2.05) is 24.3 Å². The second-order valence-corrected chi connectivity index (χ2v) is 3.45. The van der Waals surface area contributed by atoms with E-state index in [0.717, 1.165) is 16.7 Å². The van der Waals surface area contributed by atoms with Gasteiger partial charge in [0.25, 0.3) is 0 Å². The summed E-state index contributed by atoms with van der Waals surface area (Å²) in [6, 6.07) is 9.31. The van der Waals surface area contributed by atoms with Gasteiger partial charge in [0.1, 0.15) is 5.52 Å². The summed E-state index contributed by atoms with van der Waals surface area (Å²) in [7, 11) is 0. The number of nitrogens with two attached hydrogens (primary N) is 1. The van der Waals surface area contributed by atoms with Crippen molar-refractivity contribution >= 4 is 16.7 Å². The Morgan fingerprint density at radius 3 is 2.69 bits per heavy atom. The highest BCUT2D eigenvalue weighted by molar-refractivity contribution is 5.79. The fourth-order valence-electron chi connectivity index (χ4n) is 1.62. The van der Waals surface area contributed by atoms with Gasteiger partial charge in [0.05, 0.1) is 11.2 Å². The Bertz CT molecular complexity index is 629. The minimum absolute atomic E-state index is 0.689. The fourth-order valence-corrected chi connectivity index (χ4v) is 1.62. The van der Waals surface area contributed by atoms with Crippen LogP contribution in [0.5, 0.6) is 0 Å². The van der Waals surface area contributed by atoms with Gasteiger partial charge in [0.2, 0.25) is 0 Å². The molecule has 0 saturated heterocycles. The van der Waals surface area contributed by atoms with Crippen molar-refractivity contribution in [2.24, 2.45) is 0 Å². The van der Waals surface area contributed by atoms with E-state index in [1.54, 1.807) is 23.1 Å². The maximum atomic E-state index is 5.68. The lowest BCUT2D eigenvalue weighted by molar-refractivity contribution is 0.822. The number of pyridine rings is 1. The van der Waals surface area contributed by atoms with E-state index < -0.39 is 0 Å². The predicted molar refractivity (Wildman–Crippen MR) is 61.1 cm³/mol. The van der Waals surface area contributed by atoms with Crippen molar-refractivity contribution in [3.8, 4) is 5.69 Å². The first-order valence-electron chi connectivity index (χ1n) is 4.86. The molecule has 2 heterocycles. The molecule has 0 spiro atoms. The quantitative estimate of drug-likeness (QED) is 0.617. The average molecular weight is 211 g/mol. The minimum atomic E-state index is 0.689. The first-order valence-corrected chi connectivity index (χ1v) is 4.86. The summed E-state index contributed by atoms with van der Waals surface area (Å²) in [6.07, 6.45) is 3.44. The van der Waals surface area contributed by atoms with E-state index in [2.05, 4.69) is 15.3 Å². The Labute approximate surface area is 91.5 Å². The number of nitrogens with zero attached hydrogens (tertiary/aromatic N) is 4. The molecule has 0 bridgehead atoms. The number of nitrogen functional groups attached to an aromatic ring is 1. The number of rotatable bonds is 1. The maximum Gasteiger partial charge on any atom is 0.115 e. The zero-order valence-corrected chi connectivity index (χ0v) is 8.41. The molecule has 0 amide bonds. The second kappa shape index (κ2) is 3.30. The predicted octanol–water partition coefficient (Wildman–Crippen LogP) is 1.40. The molecular weight excluding hydrogens is 202 g/mol. The lowest BCUT2D eigenvalue weighted by Crippen LogP contribution is -1.96. The van der Waals surface area contributed by atoms with Crippen LogP contribution in [0.3, 0.4) is 0 Å². The molecule has 0 atom stereocenters. The Morgan fingerprint density at radius 1 is 1.06 bits per heavy atom. The zero-order chi connectivity index (χ0) is 11.0. The highest BCUT2D eigenvalue weighted by Crippen LogP contribution is 2.17. The van der Waals surface area contributed by atoms with E-state index in [-0.39, 0.29) is 0 Å². The molecule has 2 aromatic heterocycles. The zero-order valence-electron chi connectivity index (χ0n) is 8.41. The Kier molecular flexibility index (Phi) is 1.83. The van der Waals surface area contributed by atoms with Crippen molar-refractivity contribution in [3.63, 3.8) is 0 Å². The van der Waals surface area contributed by atoms with E-state index >= 15 is 0 Å². The van der Waals surface area contributed by atoms with Crippen LogP contribution in [0.4, 0.5) is 5.69 Å². The van der Waals surface area contributed by atoms with Crippen molar-refractivity contribution in [2.75, 3.05) is 5.73 Å². The van der Waals surface area contributed by atoms with Gasteiger partial charge in [-0.3, -0.25) is 4.98 Å². The Morgan fingerprint density at radius 2 is 1.88 bits per heavy atom. The van der Waals surface area contributed by atoms with Gasteiger partial charge >= 0.3 is 0 Å². The number of aromatic nitrogens is 4. The third kappa shape index (κ3) is 1.30. The number of benzene rings is 1. The summed E-state index contributed by atoms with van der Waals surface area (Å²) in [4.78, 5) is 3.97. The summed E-state index contributed by atoms with van der Waals surface area (Å²) in [5, 5.41) is 8.16. The number of hydrogen-bond acceptors (Lipinski definition) is 4. The Balaban J connectivity index is 2.26. The molecule has 5 nitrogen and oxygen atoms in total. The SMILES string of the molecule is Nc1ccc2c(c1)nnn2-c1ccncc1. The number of fused-ring (bicyclic) bond motifs is 1. The highest BCUT2D eigenvalue weighted by Gasteiger charge is 2.05. The van der Waals surface area contributed by atoms with Gasteiger partial charge in [-0.25, -0.2) is 4.68 Å². The molecule has 16 heavy (non-hydrogen) atoms. The largest absolute Gasteiger partial charge is 0.399 e. The average Bonchev–Trinajstić information content (AvgIpc) is 2.73. The topological polar surface area (TPSA) is 69.6 Å². The lowest BCUT2D eigenvalue weighted by atomic mass is 10.3. The van der Waals surface area contributed by atoms with Gasteiger partial charge in [-0.05, 0) is 30.3 Å². The molecule has 78 valence electrons. The van der Waals surface area contributed by atoms with Crippen molar-refractivity contribution in [1.82, 2.24) is 20.0 Å². The van der Waals surface area contributed by atoms with Gasteiger partial charge < -0.3 is 5.73 Å². The van der Waals surface area contributed by atoms with Crippen LogP contribution >= 0.6 is 0 Å². The van der Waals surface area contributed by atoms with Gasteiger partial charge in [0.15, 0.2) is 0 Å². The Hall–Kier alpha value is -2.43. The van der Waals surface area contributed by atoms with Crippen LogP contribution < -0.4 is 5.73 Å². The van der Waals surface area contributed by atoms with E-state index in [9.17, 15) is 0 Å². The molecule has 0 aliphatic heterocycles. The summed E-state index contributed by atoms with van der Waals surface area (Å²) >= 11 is 0. The summed E-state index contributed by atoms with van der Waals surface area (Å²) in [5.41, 5.74) is 9.03. The van der Waals surface area contributed by atoms with Crippen molar-refractivity contribution in [2.45, 2.75) is 0 Å². The van der Waals surface area contributed by atoms with Crippen LogP contribution in [0.25, 0.3) is 16.7 Å². The van der Waals surface area contributed by atoms with Crippen molar-refractivity contribution < 1.29 is 0 Å². The molecule has 0 aliphatic carbocycles. The highest BCUT2D eigenvalue weighted by atomic mass is 15.4.